The standard InChI is InChI=1S/C8H12N2O3/c1-5-8(2)6(11)9(3)10(4)7(12)13-8/h5H,1H2,2-4H3. The van der Waals surface area contributed by atoms with Gasteiger partial charge in [-0.1, -0.05) is 6.58 Å². The van der Waals surface area contributed by atoms with Gasteiger partial charge >= 0.3 is 6.09 Å². The van der Waals surface area contributed by atoms with Crippen molar-refractivity contribution in [3.63, 3.8) is 0 Å². The molecular weight excluding hydrogens is 172 g/mol. The quantitative estimate of drug-likeness (QED) is 0.554. The van der Waals surface area contributed by atoms with Gasteiger partial charge in [-0.05, 0) is 13.0 Å². The Morgan fingerprint density at radius 2 is 1.92 bits per heavy atom. The molecule has 1 fully saturated rings. The van der Waals surface area contributed by atoms with Crippen molar-refractivity contribution in [2.24, 2.45) is 0 Å². The molecule has 0 saturated carbocycles. The van der Waals surface area contributed by atoms with Crippen molar-refractivity contribution in [2.75, 3.05) is 14.1 Å². The van der Waals surface area contributed by atoms with E-state index in [0.29, 0.717) is 0 Å². The van der Waals surface area contributed by atoms with Gasteiger partial charge in [0, 0.05) is 14.1 Å². The first-order chi connectivity index (χ1) is 5.92. The van der Waals surface area contributed by atoms with Crippen LogP contribution in [-0.2, 0) is 9.53 Å². The Balaban J connectivity index is 3.02. The molecular formula is C8H12N2O3. The van der Waals surface area contributed by atoms with Crippen LogP contribution < -0.4 is 0 Å². The van der Waals surface area contributed by atoms with Gasteiger partial charge in [-0.15, -0.1) is 0 Å². The van der Waals surface area contributed by atoms with E-state index < -0.39 is 11.7 Å². The summed E-state index contributed by atoms with van der Waals surface area (Å²) in [6.45, 7) is 4.96. The van der Waals surface area contributed by atoms with E-state index in [-0.39, 0.29) is 5.91 Å². The van der Waals surface area contributed by atoms with Gasteiger partial charge in [0.1, 0.15) is 0 Å². The maximum absolute atomic E-state index is 11.6. The van der Waals surface area contributed by atoms with Crippen LogP contribution in [-0.4, -0.2) is 41.7 Å². The molecule has 1 heterocycles. The third-order valence-electron chi connectivity index (χ3n) is 2.12. The number of cyclic esters (lactones) is 1. The number of hydrogen-bond acceptors (Lipinski definition) is 3. The monoisotopic (exact) mass is 184 g/mol. The van der Waals surface area contributed by atoms with Crippen molar-refractivity contribution in [1.29, 1.82) is 0 Å². The van der Waals surface area contributed by atoms with Crippen LogP contribution in [0, 0.1) is 0 Å². The maximum atomic E-state index is 11.6. The van der Waals surface area contributed by atoms with Gasteiger partial charge in [0.25, 0.3) is 5.91 Å². The van der Waals surface area contributed by atoms with Gasteiger partial charge in [-0.3, -0.25) is 4.79 Å². The van der Waals surface area contributed by atoms with E-state index in [4.69, 9.17) is 4.74 Å². The summed E-state index contributed by atoms with van der Waals surface area (Å²) in [5, 5.41) is 2.31. The summed E-state index contributed by atoms with van der Waals surface area (Å²) in [5.41, 5.74) is -1.24. The van der Waals surface area contributed by atoms with Crippen LogP contribution in [0.3, 0.4) is 0 Å². The molecule has 13 heavy (non-hydrogen) atoms. The average Bonchev–Trinajstić information content (AvgIpc) is 2.12. The third-order valence-corrected chi connectivity index (χ3v) is 2.12. The highest BCUT2D eigenvalue weighted by molar-refractivity contribution is 5.92. The Kier molecular flexibility index (Phi) is 2.03. The Bertz CT molecular complexity index is 277. The van der Waals surface area contributed by atoms with Crippen LogP contribution in [0.25, 0.3) is 0 Å². The maximum Gasteiger partial charge on any atom is 0.429 e. The predicted octanol–water partition coefficient (Wildman–Crippen LogP) is 0.387. The molecule has 1 aliphatic heterocycles. The SMILES string of the molecule is C=CC1(C)OC(=O)N(C)N(C)C1=O. The molecule has 2 amide bonds. The zero-order valence-corrected chi connectivity index (χ0v) is 7.90. The van der Waals surface area contributed by atoms with E-state index in [9.17, 15) is 9.59 Å². The van der Waals surface area contributed by atoms with Gasteiger partial charge in [0.15, 0.2) is 0 Å². The summed E-state index contributed by atoms with van der Waals surface area (Å²) in [6, 6.07) is 0. The Morgan fingerprint density at radius 3 is 2.38 bits per heavy atom. The van der Waals surface area contributed by atoms with Crippen molar-refractivity contribution in [3.05, 3.63) is 12.7 Å². The fraction of sp³-hybridized carbons (Fsp3) is 0.500. The minimum absolute atomic E-state index is 0.315. The van der Waals surface area contributed by atoms with E-state index in [1.807, 2.05) is 0 Å². The van der Waals surface area contributed by atoms with Crippen molar-refractivity contribution in [2.45, 2.75) is 12.5 Å². The van der Waals surface area contributed by atoms with E-state index in [0.717, 1.165) is 5.01 Å². The highest BCUT2D eigenvalue weighted by Gasteiger charge is 2.44. The molecule has 0 N–H and O–H groups in total. The van der Waals surface area contributed by atoms with E-state index in [1.165, 1.54) is 32.1 Å². The molecule has 72 valence electrons. The smallest absolute Gasteiger partial charge is 0.427 e. The van der Waals surface area contributed by atoms with Crippen LogP contribution in [0.4, 0.5) is 4.79 Å². The Labute approximate surface area is 76.5 Å². The number of ether oxygens (including phenoxy) is 1. The zero-order valence-electron chi connectivity index (χ0n) is 7.90. The minimum Gasteiger partial charge on any atom is -0.427 e. The summed E-state index contributed by atoms with van der Waals surface area (Å²) in [5.74, 6) is -0.315. The largest absolute Gasteiger partial charge is 0.429 e. The number of hydrazine groups is 1. The molecule has 1 rings (SSSR count). The van der Waals surface area contributed by atoms with Gasteiger partial charge in [0.05, 0.1) is 0 Å². The fourth-order valence-corrected chi connectivity index (χ4v) is 1.00. The second-order valence-electron chi connectivity index (χ2n) is 3.03. The van der Waals surface area contributed by atoms with E-state index >= 15 is 0 Å². The second-order valence-corrected chi connectivity index (χ2v) is 3.03. The second kappa shape index (κ2) is 2.76. The van der Waals surface area contributed by atoms with Crippen LogP contribution in [0.2, 0.25) is 0 Å². The molecule has 0 aromatic carbocycles. The summed E-state index contributed by atoms with van der Waals surface area (Å²) in [4.78, 5) is 22.8. The van der Waals surface area contributed by atoms with Gasteiger partial charge in [0.2, 0.25) is 5.60 Å². The van der Waals surface area contributed by atoms with Crippen LogP contribution in [0.1, 0.15) is 6.92 Å². The first kappa shape index (κ1) is 9.57. The lowest BCUT2D eigenvalue weighted by Crippen LogP contribution is -2.60. The molecule has 1 atom stereocenters. The number of carbonyl (C=O) groups excluding carboxylic acids is 2. The summed E-state index contributed by atoms with van der Waals surface area (Å²) in [6.07, 6.45) is 0.751. The van der Waals surface area contributed by atoms with Crippen LogP contribution in [0.5, 0.6) is 0 Å². The van der Waals surface area contributed by atoms with Crippen molar-refractivity contribution in [1.82, 2.24) is 10.0 Å². The lowest BCUT2D eigenvalue weighted by Gasteiger charge is -2.40. The summed E-state index contributed by atoms with van der Waals surface area (Å²) >= 11 is 0. The summed E-state index contributed by atoms with van der Waals surface area (Å²) in [7, 11) is 2.97. The van der Waals surface area contributed by atoms with Gasteiger partial charge in [-0.2, -0.15) is 0 Å². The first-order valence-corrected chi connectivity index (χ1v) is 3.81. The van der Waals surface area contributed by atoms with Crippen LogP contribution in [0.15, 0.2) is 12.7 Å². The van der Waals surface area contributed by atoms with Crippen LogP contribution >= 0.6 is 0 Å². The number of rotatable bonds is 1. The third kappa shape index (κ3) is 1.26. The van der Waals surface area contributed by atoms with Crippen molar-refractivity contribution in [3.8, 4) is 0 Å². The lowest BCUT2D eigenvalue weighted by molar-refractivity contribution is -0.169. The molecule has 0 aromatic heterocycles. The highest BCUT2D eigenvalue weighted by atomic mass is 16.6. The van der Waals surface area contributed by atoms with Crippen molar-refractivity contribution < 1.29 is 14.3 Å². The normalized spacial score (nSPS) is 28.8. The average molecular weight is 184 g/mol. The summed E-state index contributed by atoms with van der Waals surface area (Å²) < 4.78 is 4.90. The van der Waals surface area contributed by atoms with Crippen molar-refractivity contribution >= 4 is 12.0 Å². The lowest BCUT2D eigenvalue weighted by atomic mass is 10.1. The fourth-order valence-electron chi connectivity index (χ4n) is 1.00. The van der Waals surface area contributed by atoms with E-state index in [1.54, 1.807) is 0 Å². The molecule has 5 heteroatoms. The molecule has 1 unspecified atom stereocenters. The topological polar surface area (TPSA) is 49.9 Å². The number of likely N-dealkylation sites (N-methyl/N-ethyl adjacent to an activating group) is 1. The Morgan fingerprint density at radius 1 is 1.38 bits per heavy atom. The number of nitrogens with zero attached hydrogens (tertiary/aromatic N) is 2. The molecule has 0 radical (unpaired) electrons. The number of amides is 2. The first-order valence-electron chi connectivity index (χ1n) is 3.81. The van der Waals surface area contributed by atoms with E-state index in [2.05, 4.69) is 6.58 Å². The number of carbonyl (C=O) groups is 2. The molecule has 0 spiro atoms. The zero-order chi connectivity index (χ0) is 10.2. The number of hydrogen-bond donors (Lipinski definition) is 0. The molecule has 0 aromatic rings. The Hall–Kier alpha value is -1.52. The predicted molar refractivity (Wildman–Crippen MR) is 45.6 cm³/mol. The minimum atomic E-state index is -1.24. The highest BCUT2D eigenvalue weighted by Crippen LogP contribution is 2.22. The molecule has 0 bridgehead atoms. The van der Waals surface area contributed by atoms with Gasteiger partial charge in [-0.25, -0.2) is 14.8 Å². The molecule has 0 aliphatic carbocycles. The van der Waals surface area contributed by atoms with Gasteiger partial charge < -0.3 is 4.74 Å². The molecule has 1 aliphatic rings. The molecule has 1 saturated heterocycles. The molecule has 5 nitrogen and oxygen atoms in total.